The molecule has 3 heteroatoms. The Hall–Kier alpha value is -0.410. The summed E-state index contributed by atoms with van der Waals surface area (Å²) in [6, 6.07) is 0.483. The number of Topliss-reactive ketones (excluding diaryl/α,β-unsaturated/α-hetero) is 1. The van der Waals surface area contributed by atoms with Gasteiger partial charge in [0.05, 0.1) is 12.2 Å². The minimum absolute atomic E-state index is 0.317. The van der Waals surface area contributed by atoms with E-state index in [4.69, 9.17) is 4.74 Å². The summed E-state index contributed by atoms with van der Waals surface area (Å²) in [5.74, 6) is 0.317. The Kier molecular flexibility index (Phi) is 3.98. The molecule has 0 aliphatic carbocycles. The van der Waals surface area contributed by atoms with Crippen LogP contribution in [-0.2, 0) is 9.53 Å². The summed E-state index contributed by atoms with van der Waals surface area (Å²) >= 11 is 0. The Balaban J connectivity index is 1.81. The second kappa shape index (κ2) is 5.28. The summed E-state index contributed by atoms with van der Waals surface area (Å²) in [5, 5.41) is 0. The highest BCUT2D eigenvalue weighted by Crippen LogP contribution is 2.25. The van der Waals surface area contributed by atoms with Crippen LogP contribution in [0.4, 0.5) is 0 Å². The van der Waals surface area contributed by atoms with Crippen LogP contribution in [0, 0.1) is 0 Å². The van der Waals surface area contributed by atoms with E-state index in [1.165, 1.54) is 25.7 Å². The zero-order chi connectivity index (χ0) is 11.5. The molecule has 0 saturated carbocycles. The smallest absolute Gasteiger partial charge is 0.131 e. The van der Waals surface area contributed by atoms with Gasteiger partial charge in [-0.2, -0.15) is 0 Å². The lowest BCUT2D eigenvalue weighted by atomic mass is 10.1. The molecular weight excluding hydrogens is 202 g/mol. The van der Waals surface area contributed by atoms with Gasteiger partial charge in [0.1, 0.15) is 5.78 Å². The average molecular weight is 225 g/mol. The van der Waals surface area contributed by atoms with Gasteiger partial charge in [-0.05, 0) is 46.1 Å². The van der Waals surface area contributed by atoms with E-state index in [1.54, 1.807) is 6.92 Å². The number of nitrogens with zero attached hydrogens (tertiary/aromatic N) is 1. The van der Waals surface area contributed by atoms with Gasteiger partial charge >= 0.3 is 0 Å². The number of rotatable bonds is 4. The van der Waals surface area contributed by atoms with Gasteiger partial charge in [-0.25, -0.2) is 0 Å². The molecule has 0 aromatic carbocycles. The second-order valence-corrected chi connectivity index (χ2v) is 5.34. The highest BCUT2D eigenvalue weighted by Gasteiger charge is 2.30. The van der Waals surface area contributed by atoms with Crippen LogP contribution in [0.5, 0.6) is 0 Å². The highest BCUT2D eigenvalue weighted by molar-refractivity contribution is 5.76. The van der Waals surface area contributed by atoms with E-state index >= 15 is 0 Å². The molecule has 0 spiro atoms. The fraction of sp³-hybridized carbons (Fsp3) is 0.923. The van der Waals surface area contributed by atoms with Crippen LogP contribution < -0.4 is 0 Å². The Morgan fingerprint density at radius 3 is 2.81 bits per heavy atom. The first-order valence-corrected chi connectivity index (χ1v) is 6.54. The van der Waals surface area contributed by atoms with Crippen molar-refractivity contribution in [2.45, 2.75) is 64.2 Å². The first kappa shape index (κ1) is 12.1. The molecule has 2 rings (SSSR count). The van der Waals surface area contributed by atoms with Crippen LogP contribution in [0.1, 0.15) is 46.0 Å². The molecule has 0 amide bonds. The third-order valence-electron chi connectivity index (χ3n) is 3.78. The van der Waals surface area contributed by atoms with Gasteiger partial charge in [0, 0.05) is 19.0 Å². The van der Waals surface area contributed by atoms with Crippen molar-refractivity contribution in [2.24, 2.45) is 0 Å². The summed E-state index contributed by atoms with van der Waals surface area (Å²) in [5.41, 5.74) is 0. The minimum Gasteiger partial charge on any atom is -0.374 e. The molecule has 0 bridgehead atoms. The van der Waals surface area contributed by atoms with Gasteiger partial charge in [0.2, 0.25) is 0 Å². The summed E-state index contributed by atoms with van der Waals surface area (Å²) < 4.78 is 5.85. The predicted octanol–water partition coefficient (Wildman–Crippen LogP) is 2.00. The molecular formula is C13H23NO2. The molecule has 92 valence electrons. The number of hydrogen-bond donors (Lipinski definition) is 0. The molecule has 2 saturated heterocycles. The molecule has 2 heterocycles. The number of ether oxygens (including phenoxy) is 1. The van der Waals surface area contributed by atoms with E-state index < -0.39 is 0 Å². The van der Waals surface area contributed by atoms with Gasteiger partial charge in [-0.15, -0.1) is 0 Å². The van der Waals surface area contributed by atoms with Crippen molar-refractivity contribution in [3.63, 3.8) is 0 Å². The normalized spacial score (nSPS) is 35.8. The standard InChI is InChI=1S/C13H23NO2/c1-10(15)8-12-4-3-7-14(12)9-13-6-5-11(2)16-13/h11-13H,3-9H2,1-2H3. The highest BCUT2D eigenvalue weighted by atomic mass is 16.5. The Morgan fingerprint density at radius 2 is 2.19 bits per heavy atom. The van der Waals surface area contributed by atoms with Crippen LogP contribution in [0.3, 0.4) is 0 Å². The molecule has 2 aliphatic rings. The van der Waals surface area contributed by atoms with Gasteiger partial charge in [-0.3, -0.25) is 9.69 Å². The number of hydrogen-bond acceptors (Lipinski definition) is 3. The maximum atomic E-state index is 11.2. The zero-order valence-corrected chi connectivity index (χ0v) is 10.4. The van der Waals surface area contributed by atoms with Crippen molar-refractivity contribution in [1.29, 1.82) is 0 Å². The Labute approximate surface area is 98.1 Å². The summed E-state index contributed by atoms with van der Waals surface area (Å²) in [6.07, 6.45) is 6.35. The van der Waals surface area contributed by atoms with Crippen molar-refractivity contribution < 1.29 is 9.53 Å². The van der Waals surface area contributed by atoms with Crippen molar-refractivity contribution in [3.05, 3.63) is 0 Å². The van der Waals surface area contributed by atoms with Crippen molar-refractivity contribution >= 4 is 5.78 Å². The lowest BCUT2D eigenvalue weighted by molar-refractivity contribution is -0.118. The van der Waals surface area contributed by atoms with E-state index in [9.17, 15) is 4.79 Å². The van der Waals surface area contributed by atoms with Crippen molar-refractivity contribution in [1.82, 2.24) is 4.90 Å². The van der Waals surface area contributed by atoms with Crippen molar-refractivity contribution in [2.75, 3.05) is 13.1 Å². The van der Waals surface area contributed by atoms with Gasteiger partial charge in [0.15, 0.2) is 0 Å². The predicted molar refractivity (Wildman–Crippen MR) is 63.5 cm³/mol. The lowest BCUT2D eigenvalue weighted by Gasteiger charge is -2.26. The van der Waals surface area contributed by atoms with Crippen molar-refractivity contribution in [3.8, 4) is 0 Å². The molecule has 3 unspecified atom stereocenters. The molecule has 0 aromatic rings. The molecule has 3 nitrogen and oxygen atoms in total. The largest absolute Gasteiger partial charge is 0.374 e. The summed E-state index contributed by atoms with van der Waals surface area (Å²) in [4.78, 5) is 13.6. The van der Waals surface area contributed by atoms with Gasteiger partial charge < -0.3 is 4.74 Å². The average Bonchev–Trinajstić information content (AvgIpc) is 2.77. The third-order valence-corrected chi connectivity index (χ3v) is 3.78. The van der Waals surface area contributed by atoms with Gasteiger partial charge in [-0.1, -0.05) is 0 Å². The monoisotopic (exact) mass is 225 g/mol. The Bertz CT molecular complexity index is 254. The molecule has 2 fully saturated rings. The molecule has 3 atom stereocenters. The number of ketones is 1. The quantitative estimate of drug-likeness (QED) is 0.733. The maximum Gasteiger partial charge on any atom is 0.131 e. The number of likely N-dealkylation sites (tertiary alicyclic amines) is 1. The summed E-state index contributed by atoms with van der Waals surface area (Å²) in [6.45, 7) is 6.02. The lowest BCUT2D eigenvalue weighted by Crippen LogP contribution is -2.37. The SMILES string of the molecule is CC(=O)CC1CCCN1CC1CCC(C)O1. The van der Waals surface area contributed by atoms with E-state index in [0.717, 1.165) is 19.5 Å². The maximum absolute atomic E-state index is 11.2. The van der Waals surface area contributed by atoms with Crippen LogP contribution in [0.15, 0.2) is 0 Å². The second-order valence-electron chi connectivity index (χ2n) is 5.34. The fourth-order valence-corrected chi connectivity index (χ4v) is 2.98. The van der Waals surface area contributed by atoms with E-state index in [2.05, 4.69) is 11.8 Å². The molecule has 0 aromatic heterocycles. The number of carbonyl (C=O) groups is 1. The zero-order valence-electron chi connectivity index (χ0n) is 10.4. The van der Waals surface area contributed by atoms with E-state index in [0.29, 0.717) is 24.0 Å². The molecule has 2 aliphatic heterocycles. The van der Waals surface area contributed by atoms with E-state index in [-0.39, 0.29) is 0 Å². The van der Waals surface area contributed by atoms with Gasteiger partial charge in [0.25, 0.3) is 0 Å². The van der Waals surface area contributed by atoms with Crippen LogP contribution in [0.25, 0.3) is 0 Å². The minimum atomic E-state index is 0.317. The van der Waals surface area contributed by atoms with Crippen LogP contribution in [-0.4, -0.2) is 42.0 Å². The first-order valence-electron chi connectivity index (χ1n) is 6.54. The van der Waals surface area contributed by atoms with Crippen LogP contribution >= 0.6 is 0 Å². The Morgan fingerprint density at radius 1 is 1.38 bits per heavy atom. The van der Waals surface area contributed by atoms with E-state index in [1.807, 2.05) is 0 Å². The van der Waals surface area contributed by atoms with Crippen LogP contribution in [0.2, 0.25) is 0 Å². The fourth-order valence-electron chi connectivity index (χ4n) is 2.98. The molecule has 16 heavy (non-hydrogen) atoms. The summed E-state index contributed by atoms with van der Waals surface area (Å²) in [7, 11) is 0. The first-order chi connectivity index (χ1) is 7.65. The molecule has 0 radical (unpaired) electrons. The molecule has 0 N–H and O–H groups in total. The third kappa shape index (κ3) is 3.05. The topological polar surface area (TPSA) is 29.5 Å². The number of carbonyl (C=O) groups excluding carboxylic acids is 1.